The van der Waals surface area contributed by atoms with Crippen molar-refractivity contribution < 1.29 is 19.1 Å². The Labute approximate surface area is 148 Å². The molecule has 0 aliphatic carbocycles. The molecule has 0 bridgehead atoms. The maximum absolute atomic E-state index is 12.3. The van der Waals surface area contributed by atoms with Gasteiger partial charge in [-0.25, -0.2) is 9.59 Å². The van der Waals surface area contributed by atoms with Crippen LogP contribution in [-0.2, 0) is 19.8 Å². The van der Waals surface area contributed by atoms with Crippen LogP contribution >= 0.6 is 0 Å². The molecule has 2 rings (SSSR count). The van der Waals surface area contributed by atoms with Crippen molar-refractivity contribution in [2.75, 3.05) is 6.54 Å². The van der Waals surface area contributed by atoms with Gasteiger partial charge in [0.1, 0.15) is 6.26 Å². The van der Waals surface area contributed by atoms with E-state index < -0.39 is 17.6 Å². The van der Waals surface area contributed by atoms with Crippen LogP contribution in [-0.4, -0.2) is 23.5 Å². The van der Waals surface area contributed by atoms with Gasteiger partial charge in [-0.15, -0.1) is 0 Å². The van der Waals surface area contributed by atoms with Gasteiger partial charge in [0.25, 0.3) is 0 Å². The van der Waals surface area contributed by atoms with Crippen LogP contribution in [0, 0.1) is 0 Å². The Hall–Kier alpha value is -2.82. The molecule has 1 aliphatic rings. The van der Waals surface area contributed by atoms with Gasteiger partial charge in [0.2, 0.25) is 0 Å². The molecule has 0 aromatic heterocycles. The van der Waals surface area contributed by atoms with Crippen LogP contribution in [0.25, 0.3) is 5.57 Å². The molecule has 1 amide bonds. The van der Waals surface area contributed by atoms with Gasteiger partial charge in [0.15, 0.2) is 5.76 Å². The van der Waals surface area contributed by atoms with E-state index in [4.69, 9.17) is 9.47 Å². The predicted octanol–water partition coefficient (Wildman–Crippen LogP) is 4.37. The second-order valence-electron chi connectivity index (χ2n) is 6.64. The minimum atomic E-state index is -0.601. The summed E-state index contributed by atoms with van der Waals surface area (Å²) in [6.45, 7) is 15.0. The molecule has 1 aromatic rings. The Balaban J connectivity index is 2.22. The van der Waals surface area contributed by atoms with E-state index in [-0.39, 0.29) is 17.9 Å². The van der Waals surface area contributed by atoms with E-state index >= 15 is 0 Å². The molecule has 0 N–H and O–H groups in total. The van der Waals surface area contributed by atoms with Gasteiger partial charge >= 0.3 is 12.1 Å². The fraction of sp³-hybridized carbons (Fsp3) is 0.300. The maximum atomic E-state index is 12.3. The third kappa shape index (κ3) is 3.99. The molecule has 132 valence electrons. The summed E-state index contributed by atoms with van der Waals surface area (Å²) in [6.07, 6.45) is 0.679. The summed E-state index contributed by atoms with van der Waals surface area (Å²) in [5.41, 5.74) is 2.61. The van der Waals surface area contributed by atoms with Crippen LogP contribution < -0.4 is 0 Å². The predicted molar refractivity (Wildman–Crippen MR) is 96.4 cm³/mol. The van der Waals surface area contributed by atoms with Gasteiger partial charge < -0.3 is 9.47 Å². The van der Waals surface area contributed by atoms with Crippen LogP contribution in [0.4, 0.5) is 4.79 Å². The molecule has 1 aliphatic heterocycles. The van der Waals surface area contributed by atoms with Crippen LogP contribution in [0.2, 0.25) is 0 Å². The molecular weight excluding hydrogens is 318 g/mol. The van der Waals surface area contributed by atoms with Crippen LogP contribution in [0.5, 0.6) is 0 Å². The van der Waals surface area contributed by atoms with Crippen LogP contribution in [0.15, 0.2) is 55.0 Å². The van der Waals surface area contributed by atoms with E-state index in [9.17, 15) is 9.59 Å². The quantitative estimate of drug-likeness (QED) is 0.453. The van der Waals surface area contributed by atoms with Crippen molar-refractivity contribution in [3.8, 4) is 0 Å². The summed E-state index contributed by atoms with van der Waals surface area (Å²) in [4.78, 5) is 25.3. The molecule has 1 heterocycles. The Morgan fingerprint density at radius 1 is 1.32 bits per heavy atom. The SMILES string of the molecule is C=C(C)C(=O)O/C=C1/CN(C(C)(C)c2cccc(C(=C)C)c2)C(=O)O1. The lowest BCUT2D eigenvalue weighted by atomic mass is 9.90. The lowest BCUT2D eigenvalue weighted by Gasteiger charge is -2.34. The van der Waals surface area contributed by atoms with E-state index in [0.717, 1.165) is 23.0 Å². The zero-order chi connectivity index (χ0) is 18.8. The first kappa shape index (κ1) is 18.5. The molecule has 5 heteroatoms. The molecule has 1 saturated heterocycles. The molecule has 0 saturated carbocycles. The number of carbonyl (C=O) groups is 2. The largest absolute Gasteiger partial charge is 0.427 e. The normalized spacial score (nSPS) is 15.9. The number of esters is 1. The number of rotatable bonds is 5. The molecule has 0 unspecified atom stereocenters. The van der Waals surface area contributed by atoms with E-state index in [2.05, 4.69) is 13.2 Å². The molecule has 0 spiro atoms. The summed E-state index contributed by atoms with van der Waals surface area (Å²) in [5, 5.41) is 0. The number of amides is 1. The summed E-state index contributed by atoms with van der Waals surface area (Å²) < 4.78 is 10.2. The molecular formula is C20H23NO4. The summed E-state index contributed by atoms with van der Waals surface area (Å²) >= 11 is 0. The number of cyclic esters (lactones) is 1. The van der Waals surface area contributed by atoms with Crippen molar-refractivity contribution >= 4 is 17.6 Å². The average molecular weight is 341 g/mol. The van der Waals surface area contributed by atoms with Gasteiger partial charge in [0.05, 0.1) is 12.1 Å². The fourth-order valence-corrected chi connectivity index (χ4v) is 2.45. The van der Waals surface area contributed by atoms with Gasteiger partial charge in [-0.1, -0.05) is 36.9 Å². The Morgan fingerprint density at radius 3 is 2.60 bits per heavy atom. The highest BCUT2D eigenvalue weighted by Crippen LogP contribution is 2.34. The van der Waals surface area contributed by atoms with E-state index in [0.29, 0.717) is 0 Å². The zero-order valence-electron chi connectivity index (χ0n) is 15.1. The third-order valence-electron chi connectivity index (χ3n) is 4.14. The fourth-order valence-electron chi connectivity index (χ4n) is 2.45. The Kier molecular flexibility index (Phi) is 5.16. The van der Waals surface area contributed by atoms with Gasteiger partial charge in [-0.05, 0) is 44.9 Å². The lowest BCUT2D eigenvalue weighted by molar-refractivity contribution is -0.133. The van der Waals surface area contributed by atoms with E-state index in [1.54, 1.807) is 11.8 Å². The van der Waals surface area contributed by atoms with Gasteiger partial charge in [0, 0.05) is 5.57 Å². The van der Waals surface area contributed by atoms with Gasteiger partial charge in [-0.2, -0.15) is 0 Å². The molecule has 5 nitrogen and oxygen atoms in total. The molecule has 1 fully saturated rings. The van der Waals surface area contributed by atoms with Crippen molar-refractivity contribution in [3.63, 3.8) is 0 Å². The summed E-state index contributed by atoms with van der Waals surface area (Å²) in [5.74, 6) is -0.279. The van der Waals surface area contributed by atoms with Crippen LogP contribution in [0.1, 0.15) is 38.8 Å². The minimum Gasteiger partial charge on any atom is -0.427 e. The van der Waals surface area contributed by atoms with E-state index in [1.807, 2.05) is 45.0 Å². The topological polar surface area (TPSA) is 55.8 Å². The number of hydrogen-bond acceptors (Lipinski definition) is 4. The smallest absolute Gasteiger partial charge is 0.416 e. The third-order valence-corrected chi connectivity index (χ3v) is 4.14. The van der Waals surface area contributed by atoms with Crippen molar-refractivity contribution in [3.05, 3.63) is 66.1 Å². The number of allylic oxidation sites excluding steroid dienone is 1. The van der Waals surface area contributed by atoms with Crippen molar-refractivity contribution in [1.82, 2.24) is 4.90 Å². The standard InChI is InChI=1S/C20H23NO4/c1-13(2)15-8-7-9-16(10-15)20(5,6)21-11-17(25-19(21)23)12-24-18(22)14(3)4/h7-10,12H,1,3,11H2,2,4-6H3/b17-12-. The lowest BCUT2D eigenvalue weighted by Crippen LogP contribution is -2.42. The van der Waals surface area contributed by atoms with Crippen molar-refractivity contribution in [2.45, 2.75) is 33.2 Å². The van der Waals surface area contributed by atoms with Crippen LogP contribution in [0.3, 0.4) is 0 Å². The van der Waals surface area contributed by atoms with Crippen molar-refractivity contribution in [2.24, 2.45) is 0 Å². The average Bonchev–Trinajstić information content (AvgIpc) is 2.94. The Bertz CT molecular complexity index is 774. The number of benzene rings is 1. The molecule has 1 aromatic carbocycles. The number of carbonyl (C=O) groups excluding carboxylic acids is 2. The Morgan fingerprint density at radius 2 is 2.00 bits per heavy atom. The first-order chi connectivity index (χ1) is 11.6. The molecule has 0 atom stereocenters. The zero-order valence-corrected chi connectivity index (χ0v) is 15.1. The second kappa shape index (κ2) is 6.97. The summed E-state index contributed by atoms with van der Waals surface area (Å²) in [7, 11) is 0. The molecule has 25 heavy (non-hydrogen) atoms. The van der Waals surface area contributed by atoms with E-state index in [1.165, 1.54) is 0 Å². The van der Waals surface area contributed by atoms with Gasteiger partial charge in [-0.3, -0.25) is 4.90 Å². The van der Waals surface area contributed by atoms with Crippen molar-refractivity contribution in [1.29, 1.82) is 0 Å². The second-order valence-corrected chi connectivity index (χ2v) is 6.64. The highest BCUT2D eigenvalue weighted by Gasteiger charge is 2.39. The summed E-state index contributed by atoms with van der Waals surface area (Å²) in [6, 6.07) is 7.89. The number of hydrogen-bond donors (Lipinski definition) is 0. The first-order valence-corrected chi connectivity index (χ1v) is 7.94. The number of ether oxygens (including phenoxy) is 2. The molecule has 0 radical (unpaired) electrons. The minimum absolute atomic E-state index is 0.215. The highest BCUT2D eigenvalue weighted by atomic mass is 16.6. The number of nitrogens with zero attached hydrogens (tertiary/aromatic N) is 1. The first-order valence-electron chi connectivity index (χ1n) is 7.94. The highest BCUT2D eigenvalue weighted by molar-refractivity contribution is 5.87. The maximum Gasteiger partial charge on any atom is 0.416 e. The monoisotopic (exact) mass is 341 g/mol.